The summed E-state index contributed by atoms with van der Waals surface area (Å²) >= 11 is 1.70. The number of hydrogen-bond donors (Lipinski definition) is 0. The maximum absolute atomic E-state index is 13.9. The normalized spacial score (nSPS) is 15.8. The molecule has 1 fully saturated rings. The van der Waals surface area contributed by atoms with Gasteiger partial charge in [0.25, 0.3) is 5.91 Å². The SMILES string of the molecule is Cc1c(C(=O)N2CCN(Cc3ccsc3)CC2)oc2c(F)cccc12. The van der Waals surface area contributed by atoms with Crippen LogP contribution in [0, 0.1) is 12.7 Å². The van der Waals surface area contributed by atoms with E-state index in [4.69, 9.17) is 4.42 Å². The van der Waals surface area contributed by atoms with E-state index in [2.05, 4.69) is 21.7 Å². The largest absolute Gasteiger partial charge is 0.448 e. The van der Waals surface area contributed by atoms with Crippen molar-refractivity contribution in [2.45, 2.75) is 13.5 Å². The topological polar surface area (TPSA) is 36.7 Å². The van der Waals surface area contributed by atoms with Gasteiger partial charge in [0.15, 0.2) is 17.2 Å². The number of halogens is 1. The number of thiophene rings is 1. The Morgan fingerprint density at radius 2 is 2.04 bits per heavy atom. The number of amides is 1. The number of hydrogen-bond acceptors (Lipinski definition) is 4. The lowest BCUT2D eigenvalue weighted by atomic mass is 10.1. The number of carbonyl (C=O) groups is 1. The van der Waals surface area contributed by atoms with E-state index in [9.17, 15) is 9.18 Å². The number of carbonyl (C=O) groups excluding carboxylic acids is 1. The molecule has 0 aliphatic carbocycles. The van der Waals surface area contributed by atoms with Crippen molar-refractivity contribution in [2.24, 2.45) is 0 Å². The first-order valence-corrected chi connectivity index (χ1v) is 9.28. The molecule has 0 N–H and O–H groups in total. The molecule has 1 aromatic carbocycles. The fourth-order valence-electron chi connectivity index (χ4n) is 3.31. The molecule has 3 heterocycles. The highest BCUT2D eigenvalue weighted by molar-refractivity contribution is 7.07. The Bertz CT molecular complexity index is 896. The second-order valence-electron chi connectivity index (χ2n) is 6.37. The second kappa shape index (κ2) is 6.61. The van der Waals surface area contributed by atoms with Crippen molar-refractivity contribution < 1.29 is 13.6 Å². The minimum absolute atomic E-state index is 0.150. The molecule has 25 heavy (non-hydrogen) atoms. The molecule has 1 aliphatic heterocycles. The van der Waals surface area contributed by atoms with Gasteiger partial charge in [0.05, 0.1) is 0 Å². The Labute approximate surface area is 149 Å². The lowest BCUT2D eigenvalue weighted by molar-refractivity contribution is 0.0599. The zero-order valence-electron chi connectivity index (χ0n) is 14.0. The summed E-state index contributed by atoms with van der Waals surface area (Å²) in [6.45, 7) is 5.69. The lowest BCUT2D eigenvalue weighted by Gasteiger charge is -2.34. The lowest BCUT2D eigenvalue weighted by Crippen LogP contribution is -2.48. The Morgan fingerprint density at radius 3 is 2.72 bits per heavy atom. The van der Waals surface area contributed by atoms with Crippen molar-refractivity contribution in [1.29, 1.82) is 0 Å². The van der Waals surface area contributed by atoms with Crippen molar-refractivity contribution in [3.63, 3.8) is 0 Å². The van der Waals surface area contributed by atoms with Gasteiger partial charge in [0.2, 0.25) is 0 Å². The molecule has 6 heteroatoms. The molecule has 3 aromatic rings. The van der Waals surface area contributed by atoms with Crippen LogP contribution in [0.3, 0.4) is 0 Å². The minimum Gasteiger partial charge on any atom is -0.448 e. The minimum atomic E-state index is -0.430. The van der Waals surface area contributed by atoms with Crippen LogP contribution in [0.2, 0.25) is 0 Å². The van der Waals surface area contributed by atoms with Gasteiger partial charge in [-0.05, 0) is 35.4 Å². The van der Waals surface area contributed by atoms with Crippen LogP contribution in [0.4, 0.5) is 4.39 Å². The average molecular weight is 358 g/mol. The number of fused-ring (bicyclic) bond motifs is 1. The van der Waals surface area contributed by atoms with E-state index in [-0.39, 0.29) is 17.3 Å². The van der Waals surface area contributed by atoms with E-state index in [0.29, 0.717) is 24.0 Å². The number of nitrogens with zero attached hydrogens (tertiary/aromatic N) is 2. The van der Waals surface area contributed by atoms with Crippen LogP contribution in [0.1, 0.15) is 21.7 Å². The number of benzene rings is 1. The average Bonchev–Trinajstić information content (AvgIpc) is 3.24. The summed E-state index contributed by atoms with van der Waals surface area (Å²) in [7, 11) is 0. The Balaban J connectivity index is 1.47. The molecule has 1 amide bonds. The van der Waals surface area contributed by atoms with Gasteiger partial charge in [-0.15, -0.1) is 0 Å². The molecule has 0 bridgehead atoms. The number of aryl methyl sites for hydroxylation is 1. The number of para-hydroxylation sites is 1. The smallest absolute Gasteiger partial charge is 0.289 e. The first kappa shape index (κ1) is 16.3. The third-order valence-electron chi connectivity index (χ3n) is 4.76. The Hall–Kier alpha value is -2.18. The highest BCUT2D eigenvalue weighted by Gasteiger charge is 2.27. The van der Waals surface area contributed by atoms with Crippen LogP contribution in [-0.2, 0) is 6.54 Å². The Morgan fingerprint density at radius 1 is 1.24 bits per heavy atom. The van der Waals surface area contributed by atoms with Gasteiger partial charge in [0, 0.05) is 43.7 Å². The van der Waals surface area contributed by atoms with Gasteiger partial charge in [-0.1, -0.05) is 12.1 Å². The van der Waals surface area contributed by atoms with E-state index in [1.54, 1.807) is 28.4 Å². The van der Waals surface area contributed by atoms with Gasteiger partial charge in [-0.3, -0.25) is 9.69 Å². The van der Waals surface area contributed by atoms with Crippen molar-refractivity contribution in [3.8, 4) is 0 Å². The monoisotopic (exact) mass is 358 g/mol. The predicted octanol–water partition coefficient (Wildman–Crippen LogP) is 3.90. The second-order valence-corrected chi connectivity index (χ2v) is 7.15. The fraction of sp³-hybridized carbons (Fsp3) is 0.316. The van der Waals surface area contributed by atoms with Crippen LogP contribution >= 0.6 is 11.3 Å². The number of piperazine rings is 1. The molecule has 4 nitrogen and oxygen atoms in total. The van der Waals surface area contributed by atoms with E-state index in [0.717, 1.165) is 19.6 Å². The molecule has 4 rings (SSSR count). The molecular weight excluding hydrogens is 339 g/mol. The van der Waals surface area contributed by atoms with Gasteiger partial charge in [-0.2, -0.15) is 11.3 Å². The van der Waals surface area contributed by atoms with Crippen LogP contribution in [-0.4, -0.2) is 41.9 Å². The first-order valence-electron chi connectivity index (χ1n) is 8.34. The summed E-state index contributed by atoms with van der Waals surface area (Å²) in [4.78, 5) is 17.0. The zero-order valence-corrected chi connectivity index (χ0v) is 14.8. The summed E-state index contributed by atoms with van der Waals surface area (Å²) < 4.78 is 19.5. The Kier molecular flexibility index (Phi) is 4.31. The van der Waals surface area contributed by atoms with Crippen LogP contribution in [0.25, 0.3) is 11.0 Å². The summed E-state index contributed by atoms with van der Waals surface area (Å²) in [5.41, 5.74) is 2.19. The molecular formula is C19H19FN2O2S. The van der Waals surface area contributed by atoms with Crippen molar-refractivity contribution >= 4 is 28.2 Å². The highest BCUT2D eigenvalue weighted by Crippen LogP contribution is 2.28. The third-order valence-corrected chi connectivity index (χ3v) is 5.49. The van der Waals surface area contributed by atoms with E-state index in [1.165, 1.54) is 11.6 Å². The first-order chi connectivity index (χ1) is 12.1. The quantitative estimate of drug-likeness (QED) is 0.712. The summed E-state index contributed by atoms with van der Waals surface area (Å²) in [6, 6.07) is 6.90. The van der Waals surface area contributed by atoms with Crippen LogP contribution in [0.15, 0.2) is 39.4 Å². The summed E-state index contributed by atoms with van der Waals surface area (Å²) in [6.07, 6.45) is 0. The summed E-state index contributed by atoms with van der Waals surface area (Å²) in [5.74, 6) is -0.324. The van der Waals surface area contributed by atoms with Gasteiger partial charge < -0.3 is 9.32 Å². The highest BCUT2D eigenvalue weighted by atomic mass is 32.1. The maximum Gasteiger partial charge on any atom is 0.289 e. The van der Waals surface area contributed by atoms with Crippen molar-refractivity contribution in [3.05, 3.63) is 57.7 Å². The van der Waals surface area contributed by atoms with Crippen molar-refractivity contribution in [2.75, 3.05) is 26.2 Å². The summed E-state index contributed by atoms with van der Waals surface area (Å²) in [5, 5.41) is 4.90. The molecule has 1 saturated heterocycles. The number of rotatable bonds is 3. The van der Waals surface area contributed by atoms with E-state index in [1.807, 2.05) is 6.92 Å². The van der Waals surface area contributed by atoms with Gasteiger partial charge in [-0.25, -0.2) is 4.39 Å². The molecule has 0 atom stereocenters. The fourth-order valence-corrected chi connectivity index (χ4v) is 3.97. The third kappa shape index (κ3) is 3.07. The van der Waals surface area contributed by atoms with Crippen LogP contribution in [0.5, 0.6) is 0 Å². The van der Waals surface area contributed by atoms with Gasteiger partial charge >= 0.3 is 0 Å². The zero-order chi connectivity index (χ0) is 17.4. The van der Waals surface area contributed by atoms with E-state index >= 15 is 0 Å². The van der Waals surface area contributed by atoms with Crippen molar-refractivity contribution in [1.82, 2.24) is 9.80 Å². The van der Waals surface area contributed by atoms with E-state index < -0.39 is 5.82 Å². The molecule has 1 aliphatic rings. The molecule has 130 valence electrons. The maximum atomic E-state index is 13.9. The van der Waals surface area contributed by atoms with Crippen LogP contribution < -0.4 is 0 Å². The molecule has 0 radical (unpaired) electrons. The molecule has 0 spiro atoms. The molecule has 0 unspecified atom stereocenters. The number of furan rings is 1. The molecule has 2 aromatic heterocycles. The predicted molar refractivity (Wildman–Crippen MR) is 96.4 cm³/mol. The molecule has 0 saturated carbocycles. The standard InChI is InChI=1S/C19H19FN2O2S/c1-13-15-3-2-4-16(20)18(15)24-17(13)19(23)22-8-6-21(7-9-22)11-14-5-10-25-12-14/h2-5,10,12H,6-9,11H2,1H3. The van der Waals surface area contributed by atoms with Gasteiger partial charge in [0.1, 0.15) is 0 Å².